The van der Waals surface area contributed by atoms with Crippen molar-refractivity contribution in [3.63, 3.8) is 0 Å². The van der Waals surface area contributed by atoms with Crippen molar-refractivity contribution in [3.8, 4) is 6.07 Å². The van der Waals surface area contributed by atoms with Gasteiger partial charge >= 0.3 is 0 Å². The molecule has 0 aliphatic heterocycles. The first kappa shape index (κ1) is 25.7. The Bertz CT molecular complexity index is 1020. The summed E-state index contributed by atoms with van der Waals surface area (Å²) in [5, 5.41) is 18.2. The normalized spacial score (nSPS) is 11.0. The van der Waals surface area contributed by atoms with Crippen LogP contribution in [0.4, 0.5) is 15.8 Å². The zero-order valence-electron chi connectivity index (χ0n) is 18.4. The minimum Gasteiger partial charge on any atom is -0.396 e. The van der Waals surface area contributed by atoms with E-state index in [-0.39, 0.29) is 23.4 Å². The number of nitrogens with zero attached hydrogens (tertiary/aromatic N) is 3. The molecule has 0 saturated heterocycles. The predicted molar refractivity (Wildman–Crippen MR) is 131 cm³/mol. The van der Waals surface area contributed by atoms with E-state index >= 15 is 0 Å². The highest BCUT2D eigenvalue weighted by Crippen LogP contribution is 2.30. The van der Waals surface area contributed by atoms with Gasteiger partial charge in [-0.3, -0.25) is 4.79 Å². The lowest BCUT2D eigenvalue weighted by Crippen LogP contribution is -2.55. The second-order valence-electron chi connectivity index (χ2n) is 7.98. The maximum absolute atomic E-state index is 14.7. The Hall–Kier alpha value is -2.53. The number of hydrogen-bond donors (Lipinski definition) is 1. The van der Waals surface area contributed by atoms with Crippen molar-refractivity contribution < 1.29 is 14.3 Å². The third kappa shape index (κ3) is 5.83. The summed E-state index contributed by atoms with van der Waals surface area (Å²) >= 11 is 11.3. The lowest BCUT2D eigenvalue weighted by atomic mass is 9.99. The van der Waals surface area contributed by atoms with Crippen molar-refractivity contribution in [2.24, 2.45) is 0 Å². The van der Waals surface area contributed by atoms with E-state index in [1.54, 1.807) is 56.1 Å². The largest absolute Gasteiger partial charge is 0.396 e. The zero-order chi connectivity index (χ0) is 23.9. The first-order valence-electron chi connectivity index (χ1n) is 10.3. The minimum atomic E-state index is -1.12. The zero-order valence-corrected chi connectivity index (χ0v) is 20.0. The fraction of sp³-hybridized carbons (Fsp3) is 0.375. The molecule has 0 spiro atoms. The molecular weight excluding hydrogens is 449 g/mol. The molecular formula is C24H27ClFN3O2S. The number of carbonyl (C=O) groups is 1. The van der Waals surface area contributed by atoms with E-state index in [9.17, 15) is 9.18 Å². The van der Waals surface area contributed by atoms with Crippen molar-refractivity contribution >= 4 is 46.6 Å². The number of rotatable bonds is 10. The molecule has 0 aromatic heterocycles. The van der Waals surface area contributed by atoms with Crippen LogP contribution in [0, 0.1) is 17.1 Å². The van der Waals surface area contributed by atoms with Gasteiger partial charge in [0, 0.05) is 25.0 Å². The Kier molecular flexibility index (Phi) is 9.14. The van der Waals surface area contributed by atoms with Gasteiger partial charge in [-0.2, -0.15) is 5.26 Å². The van der Waals surface area contributed by atoms with Crippen molar-refractivity contribution in [2.45, 2.75) is 45.1 Å². The first-order chi connectivity index (χ1) is 15.2. The Morgan fingerprint density at radius 3 is 2.47 bits per heavy atom. The summed E-state index contributed by atoms with van der Waals surface area (Å²) in [7, 11) is 1.61. The number of hydrogen-bond acceptors (Lipinski definition) is 4. The van der Waals surface area contributed by atoms with Crippen molar-refractivity contribution in [1.82, 2.24) is 0 Å². The number of aryl methyl sites for hydroxylation is 1. The number of likely N-dealkylation sites (N-methyl/N-ethyl adjacent to an activating group) is 1. The molecule has 0 heterocycles. The van der Waals surface area contributed by atoms with Gasteiger partial charge < -0.3 is 14.9 Å². The van der Waals surface area contributed by atoms with Gasteiger partial charge in [-0.15, -0.1) is 0 Å². The molecule has 0 atom stereocenters. The van der Waals surface area contributed by atoms with Crippen molar-refractivity contribution in [1.29, 1.82) is 5.26 Å². The predicted octanol–water partition coefficient (Wildman–Crippen LogP) is 5.26. The monoisotopic (exact) mass is 475 g/mol. The molecule has 0 saturated carbocycles. The third-order valence-corrected chi connectivity index (χ3v) is 5.94. The maximum Gasteiger partial charge on any atom is 0.252 e. The van der Waals surface area contributed by atoms with Gasteiger partial charge in [-0.05, 0) is 69.0 Å². The number of anilines is 2. The Morgan fingerprint density at radius 2 is 1.91 bits per heavy atom. The van der Waals surface area contributed by atoms with E-state index in [2.05, 4.69) is 0 Å². The van der Waals surface area contributed by atoms with Gasteiger partial charge in [-0.25, -0.2) is 4.39 Å². The van der Waals surface area contributed by atoms with Crippen LogP contribution in [0.5, 0.6) is 0 Å². The molecule has 0 bridgehead atoms. The summed E-state index contributed by atoms with van der Waals surface area (Å²) in [5.41, 5.74) is 2.13. The minimum absolute atomic E-state index is 0.136. The SMILES string of the molecule is CN(C(=O)C(C)(C)N(C=S)c1ccc(CCCCCO)c(F)c1)c1ccc(C#N)c(Cl)c1. The number of aliphatic hydroxyl groups excluding tert-OH is 1. The van der Waals surface area contributed by atoms with Gasteiger partial charge in [0.15, 0.2) is 0 Å². The van der Waals surface area contributed by atoms with Crippen molar-refractivity contribution in [2.75, 3.05) is 23.5 Å². The van der Waals surface area contributed by atoms with Crippen LogP contribution in [0.3, 0.4) is 0 Å². The molecule has 0 radical (unpaired) electrons. The molecule has 0 fully saturated rings. The fourth-order valence-corrected chi connectivity index (χ4v) is 4.04. The van der Waals surface area contributed by atoms with Crippen molar-refractivity contribution in [3.05, 3.63) is 58.4 Å². The average molecular weight is 476 g/mol. The summed E-state index contributed by atoms with van der Waals surface area (Å²) in [6.45, 7) is 3.55. The molecule has 2 rings (SSSR count). The van der Waals surface area contributed by atoms with Crippen LogP contribution >= 0.6 is 23.8 Å². The maximum atomic E-state index is 14.7. The van der Waals surface area contributed by atoms with Gasteiger partial charge in [0.25, 0.3) is 5.91 Å². The van der Waals surface area contributed by atoms with E-state index in [4.69, 9.17) is 34.2 Å². The molecule has 2 aromatic carbocycles. The Balaban J connectivity index is 2.25. The second kappa shape index (κ2) is 11.4. The van der Waals surface area contributed by atoms with E-state index in [1.807, 2.05) is 6.07 Å². The summed E-state index contributed by atoms with van der Waals surface area (Å²) in [4.78, 5) is 16.4. The summed E-state index contributed by atoms with van der Waals surface area (Å²) in [6.07, 6.45) is 2.90. The molecule has 1 N–H and O–H groups in total. The highest BCUT2D eigenvalue weighted by Gasteiger charge is 2.37. The number of unbranched alkanes of at least 4 members (excludes halogenated alkanes) is 2. The van der Waals surface area contributed by atoms with Crippen LogP contribution in [-0.2, 0) is 11.2 Å². The standard InChI is InChI=1S/C24H27ClFN3O2S/c1-24(2,23(31)28(3)19-10-9-18(15-27)21(25)13-19)29(16-32)20-11-8-17(22(26)14-20)7-5-4-6-12-30/h8-11,13-14,16,30H,4-7,12H2,1-3H3. The molecule has 32 heavy (non-hydrogen) atoms. The lowest BCUT2D eigenvalue weighted by Gasteiger charge is -2.38. The van der Waals surface area contributed by atoms with Gasteiger partial charge in [0.05, 0.1) is 16.1 Å². The lowest BCUT2D eigenvalue weighted by molar-refractivity contribution is -0.122. The molecule has 5 nitrogen and oxygen atoms in total. The molecule has 1 amide bonds. The van der Waals surface area contributed by atoms with Crippen LogP contribution in [0.15, 0.2) is 36.4 Å². The van der Waals surface area contributed by atoms with Crippen LogP contribution in [0.2, 0.25) is 5.02 Å². The van der Waals surface area contributed by atoms with Gasteiger partial charge in [0.2, 0.25) is 0 Å². The molecule has 8 heteroatoms. The van der Waals surface area contributed by atoms with E-state index < -0.39 is 5.54 Å². The highest BCUT2D eigenvalue weighted by molar-refractivity contribution is 7.79. The van der Waals surface area contributed by atoms with E-state index in [0.29, 0.717) is 35.3 Å². The quantitative estimate of drug-likeness (QED) is 0.375. The Morgan fingerprint density at radius 1 is 1.22 bits per heavy atom. The van der Waals surface area contributed by atoms with Gasteiger partial charge in [-0.1, -0.05) is 36.3 Å². The molecule has 0 unspecified atom stereocenters. The number of thiocarbonyl (C=S) groups is 1. The molecule has 0 aliphatic rings. The van der Waals surface area contributed by atoms with E-state index in [0.717, 1.165) is 12.8 Å². The molecule has 170 valence electrons. The number of aliphatic hydroxyl groups is 1. The van der Waals surface area contributed by atoms with Crippen LogP contribution in [0.1, 0.15) is 44.2 Å². The van der Waals surface area contributed by atoms with Crippen LogP contribution in [-0.4, -0.2) is 35.7 Å². The topological polar surface area (TPSA) is 67.6 Å². The first-order valence-corrected chi connectivity index (χ1v) is 11.1. The molecule has 2 aromatic rings. The smallest absolute Gasteiger partial charge is 0.252 e. The number of nitriles is 1. The second-order valence-corrected chi connectivity index (χ2v) is 8.60. The van der Waals surface area contributed by atoms with Gasteiger partial charge in [0.1, 0.15) is 17.4 Å². The third-order valence-electron chi connectivity index (χ3n) is 5.42. The summed E-state index contributed by atoms with van der Waals surface area (Å²) < 4.78 is 14.7. The number of amides is 1. The summed E-state index contributed by atoms with van der Waals surface area (Å²) in [6, 6.07) is 11.6. The van der Waals surface area contributed by atoms with Crippen LogP contribution < -0.4 is 9.80 Å². The van der Waals surface area contributed by atoms with E-state index in [1.165, 1.54) is 16.5 Å². The van der Waals surface area contributed by atoms with Crippen LogP contribution in [0.25, 0.3) is 0 Å². The number of carbonyl (C=O) groups excluding carboxylic acids is 1. The summed E-state index contributed by atoms with van der Waals surface area (Å²) in [5.74, 6) is -0.642. The molecule has 0 aliphatic carbocycles. The average Bonchev–Trinajstić information content (AvgIpc) is 2.77. The highest BCUT2D eigenvalue weighted by atomic mass is 35.5. The Labute approximate surface area is 199 Å². The number of halogens is 2. The number of benzene rings is 2. The fourth-order valence-electron chi connectivity index (χ4n) is 3.44.